The van der Waals surface area contributed by atoms with Crippen LogP contribution in [0.4, 0.5) is 0 Å². The molecule has 118 valence electrons. The highest BCUT2D eigenvalue weighted by atomic mass is 32.1. The predicted octanol–water partition coefficient (Wildman–Crippen LogP) is 1.76. The Kier molecular flexibility index (Phi) is 4.54. The van der Waals surface area contributed by atoms with Gasteiger partial charge in [0.15, 0.2) is 0 Å². The van der Waals surface area contributed by atoms with Gasteiger partial charge in [0.25, 0.3) is 0 Å². The number of nitrogens with zero attached hydrogens (tertiary/aromatic N) is 3. The Balaban J connectivity index is 1.64. The third kappa shape index (κ3) is 3.53. The first-order chi connectivity index (χ1) is 10.6. The van der Waals surface area contributed by atoms with Crippen molar-refractivity contribution in [1.29, 1.82) is 0 Å². The van der Waals surface area contributed by atoms with E-state index in [2.05, 4.69) is 15.4 Å². The highest BCUT2D eigenvalue weighted by molar-refractivity contribution is 7.09. The highest BCUT2D eigenvalue weighted by Crippen LogP contribution is 2.28. The molecule has 2 atom stereocenters. The van der Waals surface area contributed by atoms with Gasteiger partial charge in [-0.05, 0) is 19.8 Å². The van der Waals surface area contributed by atoms with E-state index in [1.807, 2.05) is 25.5 Å². The molecule has 0 spiro atoms. The molecule has 0 bridgehead atoms. The van der Waals surface area contributed by atoms with Crippen LogP contribution < -0.4 is 5.32 Å². The fourth-order valence-electron chi connectivity index (χ4n) is 2.76. The molecule has 0 radical (unpaired) electrons. The number of aryl methyl sites for hydroxylation is 2. The molecule has 7 heteroatoms. The molecule has 0 unspecified atom stereocenters. The Morgan fingerprint density at radius 2 is 2.45 bits per heavy atom. The lowest BCUT2D eigenvalue weighted by molar-refractivity contribution is -0.123. The molecule has 2 aromatic heterocycles. The van der Waals surface area contributed by atoms with Gasteiger partial charge in [-0.2, -0.15) is 5.10 Å². The Morgan fingerprint density at radius 1 is 1.59 bits per heavy atom. The van der Waals surface area contributed by atoms with Crippen molar-refractivity contribution in [3.8, 4) is 0 Å². The highest BCUT2D eigenvalue weighted by Gasteiger charge is 2.29. The minimum Gasteiger partial charge on any atom is -0.371 e. The number of carbonyl (C=O) groups is 1. The van der Waals surface area contributed by atoms with Crippen molar-refractivity contribution in [3.63, 3.8) is 0 Å². The smallest absolute Gasteiger partial charge is 0.226 e. The molecule has 1 amide bonds. The number of ether oxygens (including phenoxy) is 1. The van der Waals surface area contributed by atoms with Crippen molar-refractivity contribution in [2.45, 2.75) is 38.3 Å². The average molecular weight is 320 g/mol. The third-order valence-corrected chi connectivity index (χ3v) is 4.55. The van der Waals surface area contributed by atoms with E-state index in [9.17, 15) is 4.79 Å². The molecule has 1 aliphatic rings. The Labute approximate surface area is 133 Å². The maximum absolute atomic E-state index is 12.2. The fourth-order valence-corrected chi connectivity index (χ4v) is 3.37. The van der Waals surface area contributed by atoms with E-state index in [1.54, 1.807) is 22.2 Å². The molecule has 1 saturated heterocycles. The first-order valence-corrected chi connectivity index (χ1v) is 8.30. The molecule has 1 aliphatic heterocycles. The van der Waals surface area contributed by atoms with Gasteiger partial charge < -0.3 is 10.1 Å². The topological polar surface area (TPSA) is 69.0 Å². The van der Waals surface area contributed by atoms with Gasteiger partial charge in [0.1, 0.15) is 6.10 Å². The van der Waals surface area contributed by atoms with Crippen molar-refractivity contribution in [1.82, 2.24) is 20.1 Å². The largest absolute Gasteiger partial charge is 0.371 e. The van der Waals surface area contributed by atoms with Crippen LogP contribution in [0.5, 0.6) is 0 Å². The number of hydrogen-bond acceptors (Lipinski definition) is 5. The van der Waals surface area contributed by atoms with Crippen LogP contribution in [0.1, 0.15) is 35.2 Å². The van der Waals surface area contributed by atoms with Gasteiger partial charge in [-0.15, -0.1) is 11.3 Å². The van der Waals surface area contributed by atoms with Gasteiger partial charge in [-0.1, -0.05) is 0 Å². The Bertz CT molecular complexity index is 652. The van der Waals surface area contributed by atoms with Gasteiger partial charge >= 0.3 is 0 Å². The van der Waals surface area contributed by atoms with Crippen LogP contribution >= 0.6 is 11.3 Å². The van der Waals surface area contributed by atoms with Crippen molar-refractivity contribution < 1.29 is 9.53 Å². The van der Waals surface area contributed by atoms with Crippen LogP contribution in [-0.2, 0) is 23.0 Å². The van der Waals surface area contributed by atoms with Gasteiger partial charge in [-0.3, -0.25) is 9.48 Å². The van der Waals surface area contributed by atoms with E-state index < -0.39 is 0 Å². The fraction of sp³-hybridized carbons (Fsp3) is 0.533. The van der Waals surface area contributed by atoms with E-state index in [0.717, 1.165) is 35.7 Å². The summed E-state index contributed by atoms with van der Waals surface area (Å²) in [6.07, 6.45) is 5.82. The van der Waals surface area contributed by atoms with Crippen molar-refractivity contribution >= 4 is 17.2 Å². The average Bonchev–Trinajstić information content (AvgIpc) is 3.08. The van der Waals surface area contributed by atoms with Gasteiger partial charge in [0, 0.05) is 30.8 Å². The second-order valence-corrected chi connectivity index (χ2v) is 6.65. The van der Waals surface area contributed by atoms with Crippen molar-refractivity contribution in [2.75, 3.05) is 6.61 Å². The predicted molar refractivity (Wildman–Crippen MR) is 83.6 cm³/mol. The molecular weight excluding hydrogens is 300 g/mol. The van der Waals surface area contributed by atoms with Gasteiger partial charge in [-0.25, -0.2) is 4.98 Å². The summed E-state index contributed by atoms with van der Waals surface area (Å²) < 4.78 is 7.62. The lowest BCUT2D eigenvalue weighted by atomic mass is 9.98. The van der Waals surface area contributed by atoms with E-state index in [4.69, 9.17) is 4.74 Å². The second-order valence-electron chi connectivity index (χ2n) is 5.59. The van der Waals surface area contributed by atoms with Gasteiger partial charge in [0.05, 0.1) is 29.4 Å². The monoisotopic (exact) mass is 320 g/mol. The lowest BCUT2D eigenvalue weighted by Gasteiger charge is -2.31. The summed E-state index contributed by atoms with van der Waals surface area (Å²) in [6, 6.07) is -0.00909. The molecule has 0 saturated carbocycles. The summed E-state index contributed by atoms with van der Waals surface area (Å²) >= 11 is 1.57. The second kappa shape index (κ2) is 6.58. The molecule has 0 aliphatic carbocycles. The Hall–Kier alpha value is -1.73. The maximum Gasteiger partial charge on any atom is 0.226 e. The molecule has 3 rings (SSSR count). The molecule has 6 nitrogen and oxygen atoms in total. The summed E-state index contributed by atoms with van der Waals surface area (Å²) in [5.74, 6) is -0.00492. The van der Waals surface area contributed by atoms with E-state index in [1.165, 1.54) is 0 Å². The minimum atomic E-state index is -0.122. The number of nitrogens with one attached hydrogen (secondary N) is 1. The zero-order chi connectivity index (χ0) is 15.5. The summed E-state index contributed by atoms with van der Waals surface area (Å²) in [5.41, 5.74) is 1.84. The third-order valence-electron chi connectivity index (χ3n) is 3.73. The summed E-state index contributed by atoms with van der Waals surface area (Å²) in [5, 5.41) is 10.2. The molecule has 3 heterocycles. The summed E-state index contributed by atoms with van der Waals surface area (Å²) in [7, 11) is 1.88. The number of carbonyl (C=O) groups excluding carboxylic acids is 1. The van der Waals surface area contributed by atoms with Crippen LogP contribution in [-0.4, -0.2) is 33.3 Å². The summed E-state index contributed by atoms with van der Waals surface area (Å²) in [6.45, 7) is 2.66. The summed E-state index contributed by atoms with van der Waals surface area (Å²) in [4.78, 5) is 16.6. The maximum atomic E-state index is 12.2. The van der Waals surface area contributed by atoms with Crippen LogP contribution in [0.15, 0.2) is 17.8 Å². The lowest BCUT2D eigenvalue weighted by Crippen LogP contribution is -2.43. The zero-order valence-electron chi connectivity index (χ0n) is 12.8. The number of hydrogen-bond donors (Lipinski definition) is 1. The van der Waals surface area contributed by atoms with Crippen molar-refractivity contribution in [3.05, 3.63) is 34.0 Å². The molecule has 0 aromatic carbocycles. The molecular formula is C15H20N4O2S. The van der Waals surface area contributed by atoms with E-state index >= 15 is 0 Å². The minimum absolute atomic E-state index is 0.00492. The molecule has 2 aromatic rings. The van der Waals surface area contributed by atoms with Crippen LogP contribution in [0.2, 0.25) is 0 Å². The standard InChI is InChI=1S/C15H20N4O2S/c1-10-17-12(9-22-10)6-14(20)18-13-4-3-5-21-15(13)11-7-16-19(2)8-11/h7-9,13,15H,3-6H2,1-2H3,(H,18,20)/t13-,15+/m0/s1. The van der Waals surface area contributed by atoms with Gasteiger partial charge in [0.2, 0.25) is 5.91 Å². The normalized spacial score (nSPS) is 21.7. The van der Waals surface area contributed by atoms with Crippen molar-refractivity contribution in [2.24, 2.45) is 7.05 Å². The van der Waals surface area contributed by atoms with E-state index in [-0.39, 0.29) is 18.1 Å². The number of amides is 1. The zero-order valence-corrected chi connectivity index (χ0v) is 13.6. The quantitative estimate of drug-likeness (QED) is 0.932. The Morgan fingerprint density at radius 3 is 3.14 bits per heavy atom. The number of thiazole rings is 1. The number of rotatable bonds is 4. The van der Waals surface area contributed by atoms with E-state index in [0.29, 0.717) is 6.42 Å². The molecule has 1 fully saturated rings. The van der Waals surface area contributed by atoms with Crippen LogP contribution in [0, 0.1) is 6.92 Å². The first kappa shape index (κ1) is 15.2. The number of aromatic nitrogens is 3. The first-order valence-electron chi connectivity index (χ1n) is 7.42. The SMILES string of the molecule is Cc1nc(CC(=O)N[C@H]2CCCO[C@@H]2c2cnn(C)c2)cs1. The molecule has 22 heavy (non-hydrogen) atoms. The van der Waals surface area contributed by atoms with Crippen LogP contribution in [0.3, 0.4) is 0 Å². The molecule has 1 N–H and O–H groups in total. The van der Waals surface area contributed by atoms with Crippen LogP contribution in [0.25, 0.3) is 0 Å².